The molecule has 1 fully saturated rings. The van der Waals surface area contributed by atoms with Gasteiger partial charge in [-0.25, -0.2) is 8.42 Å². The molecule has 1 saturated carbocycles. The summed E-state index contributed by atoms with van der Waals surface area (Å²) in [4.78, 5) is 0.318. The first-order valence-corrected chi connectivity index (χ1v) is 8.62. The SMILES string of the molecule is COCCN(C1CC1)S(=O)(=O)c1c(C)nn(CCN)c1C. The monoisotopic (exact) mass is 316 g/mol. The van der Waals surface area contributed by atoms with E-state index in [2.05, 4.69) is 5.10 Å². The van der Waals surface area contributed by atoms with Crippen molar-refractivity contribution in [2.24, 2.45) is 5.73 Å². The van der Waals surface area contributed by atoms with Gasteiger partial charge in [0.05, 0.1) is 24.5 Å². The molecule has 120 valence electrons. The van der Waals surface area contributed by atoms with Crippen LogP contribution in [0.5, 0.6) is 0 Å². The maximum absolute atomic E-state index is 13.0. The molecule has 1 aliphatic rings. The molecule has 2 N–H and O–H groups in total. The lowest BCUT2D eigenvalue weighted by atomic mass is 10.4. The summed E-state index contributed by atoms with van der Waals surface area (Å²) in [6, 6.07) is 0.0989. The third-order valence-corrected chi connectivity index (χ3v) is 5.90. The van der Waals surface area contributed by atoms with E-state index in [-0.39, 0.29) is 6.04 Å². The molecule has 2 rings (SSSR count). The van der Waals surface area contributed by atoms with E-state index in [0.717, 1.165) is 12.8 Å². The summed E-state index contributed by atoms with van der Waals surface area (Å²) in [7, 11) is -1.96. The molecule has 0 spiro atoms. The highest BCUT2D eigenvalue weighted by molar-refractivity contribution is 7.89. The van der Waals surface area contributed by atoms with Gasteiger partial charge in [0.15, 0.2) is 0 Å². The van der Waals surface area contributed by atoms with Crippen molar-refractivity contribution in [1.29, 1.82) is 0 Å². The number of nitrogens with zero attached hydrogens (tertiary/aromatic N) is 3. The lowest BCUT2D eigenvalue weighted by Gasteiger charge is -2.21. The second-order valence-electron chi connectivity index (χ2n) is 5.35. The lowest BCUT2D eigenvalue weighted by molar-refractivity contribution is 0.177. The van der Waals surface area contributed by atoms with Crippen LogP contribution in [0.4, 0.5) is 0 Å². The molecule has 0 radical (unpaired) electrons. The molecule has 0 aromatic carbocycles. The van der Waals surface area contributed by atoms with E-state index < -0.39 is 10.0 Å². The molecule has 1 heterocycles. The van der Waals surface area contributed by atoms with Gasteiger partial charge in [-0.2, -0.15) is 9.40 Å². The molecule has 1 aromatic heterocycles. The Bertz CT molecular complexity index is 593. The number of sulfonamides is 1. The molecule has 0 amide bonds. The second kappa shape index (κ2) is 6.43. The van der Waals surface area contributed by atoms with Crippen molar-refractivity contribution in [3.8, 4) is 0 Å². The number of rotatable bonds is 8. The summed E-state index contributed by atoms with van der Waals surface area (Å²) in [5.74, 6) is 0. The molecule has 1 aromatic rings. The molecule has 0 saturated heterocycles. The quantitative estimate of drug-likeness (QED) is 0.743. The molecule has 1 aliphatic carbocycles. The smallest absolute Gasteiger partial charge is 0.247 e. The van der Waals surface area contributed by atoms with Gasteiger partial charge in [-0.1, -0.05) is 0 Å². The fourth-order valence-corrected chi connectivity index (χ4v) is 4.60. The standard InChI is InChI=1S/C13H24N4O3S/c1-10-13(11(2)16(15-10)7-6-14)21(18,19)17(8-9-20-3)12-4-5-12/h12H,4-9,14H2,1-3H3. The van der Waals surface area contributed by atoms with Crippen molar-refractivity contribution >= 4 is 10.0 Å². The Kier molecular flexibility index (Phi) is 5.03. The number of methoxy groups -OCH3 is 1. The number of hydrogen-bond acceptors (Lipinski definition) is 5. The minimum absolute atomic E-state index is 0.0989. The molecule has 21 heavy (non-hydrogen) atoms. The molecule has 8 heteroatoms. The van der Waals surface area contributed by atoms with Crippen molar-refractivity contribution in [2.75, 3.05) is 26.8 Å². The van der Waals surface area contributed by atoms with E-state index in [1.54, 1.807) is 29.9 Å². The van der Waals surface area contributed by atoms with Gasteiger partial charge in [0.25, 0.3) is 0 Å². The summed E-state index contributed by atoms with van der Waals surface area (Å²) in [6.07, 6.45) is 1.83. The third-order valence-electron chi connectivity index (χ3n) is 3.69. The van der Waals surface area contributed by atoms with Crippen LogP contribution in [0.15, 0.2) is 4.90 Å². The van der Waals surface area contributed by atoms with Gasteiger partial charge < -0.3 is 10.5 Å². The average Bonchev–Trinajstić information content (AvgIpc) is 3.18. The zero-order valence-corrected chi connectivity index (χ0v) is 13.7. The summed E-state index contributed by atoms with van der Waals surface area (Å²) < 4.78 is 34.2. The van der Waals surface area contributed by atoms with Crippen LogP contribution >= 0.6 is 0 Å². The van der Waals surface area contributed by atoms with Crippen LogP contribution in [0.25, 0.3) is 0 Å². The van der Waals surface area contributed by atoms with Gasteiger partial charge in [0, 0.05) is 26.2 Å². The third kappa shape index (κ3) is 3.28. The van der Waals surface area contributed by atoms with Crippen LogP contribution in [0, 0.1) is 13.8 Å². The summed E-state index contributed by atoms with van der Waals surface area (Å²) in [5.41, 5.74) is 6.73. The normalized spacial score (nSPS) is 15.9. The number of aryl methyl sites for hydroxylation is 1. The Morgan fingerprint density at radius 2 is 2.10 bits per heavy atom. The van der Waals surface area contributed by atoms with Crippen LogP contribution in [-0.2, 0) is 21.3 Å². The minimum atomic E-state index is -3.54. The van der Waals surface area contributed by atoms with Crippen molar-refractivity contribution in [3.63, 3.8) is 0 Å². The van der Waals surface area contributed by atoms with Crippen LogP contribution in [0.3, 0.4) is 0 Å². The Balaban J connectivity index is 2.37. The van der Waals surface area contributed by atoms with Crippen molar-refractivity contribution in [1.82, 2.24) is 14.1 Å². The predicted molar refractivity (Wildman–Crippen MR) is 79.5 cm³/mol. The lowest BCUT2D eigenvalue weighted by Crippen LogP contribution is -2.36. The zero-order valence-electron chi connectivity index (χ0n) is 12.9. The highest BCUT2D eigenvalue weighted by Crippen LogP contribution is 2.33. The average molecular weight is 316 g/mol. The van der Waals surface area contributed by atoms with E-state index in [9.17, 15) is 8.42 Å². The Morgan fingerprint density at radius 3 is 2.62 bits per heavy atom. The van der Waals surface area contributed by atoms with E-state index in [4.69, 9.17) is 10.5 Å². The van der Waals surface area contributed by atoms with Crippen LogP contribution in [0.1, 0.15) is 24.2 Å². The van der Waals surface area contributed by atoms with Gasteiger partial charge in [-0.3, -0.25) is 4.68 Å². The molecule has 7 nitrogen and oxygen atoms in total. The number of aromatic nitrogens is 2. The molecule has 0 unspecified atom stereocenters. The van der Waals surface area contributed by atoms with Gasteiger partial charge in [-0.05, 0) is 26.7 Å². The van der Waals surface area contributed by atoms with E-state index in [1.165, 1.54) is 0 Å². The van der Waals surface area contributed by atoms with Crippen LogP contribution in [-0.4, -0.2) is 55.4 Å². The highest BCUT2D eigenvalue weighted by atomic mass is 32.2. The molecular formula is C13H24N4O3S. The summed E-state index contributed by atoms with van der Waals surface area (Å²) >= 11 is 0. The second-order valence-corrected chi connectivity index (χ2v) is 7.18. The Hall–Kier alpha value is -0.960. The largest absolute Gasteiger partial charge is 0.383 e. The predicted octanol–water partition coefficient (Wildman–Crippen LogP) is 0.258. The van der Waals surface area contributed by atoms with Crippen molar-refractivity contribution in [3.05, 3.63) is 11.4 Å². The minimum Gasteiger partial charge on any atom is -0.383 e. The van der Waals surface area contributed by atoms with Crippen LogP contribution < -0.4 is 5.73 Å². The first-order valence-electron chi connectivity index (χ1n) is 7.18. The number of ether oxygens (including phenoxy) is 1. The van der Waals surface area contributed by atoms with Gasteiger partial charge in [0.2, 0.25) is 10.0 Å². The Labute approximate surface area is 126 Å². The van der Waals surface area contributed by atoms with E-state index in [1.807, 2.05) is 0 Å². The van der Waals surface area contributed by atoms with Crippen molar-refractivity contribution < 1.29 is 13.2 Å². The molecular weight excluding hydrogens is 292 g/mol. The van der Waals surface area contributed by atoms with E-state index in [0.29, 0.717) is 42.5 Å². The molecule has 0 bridgehead atoms. The van der Waals surface area contributed by atoms with Gasteiger partial charge in [-0.15, -0.1) is 0 Å². The van der Waals surface area contributed by atoms with Gasteiger partial charge >= 0.3 is 0 Å². The highest BCUT2D eigenvalue weighted by Gasteiger charge is 2.40. The maximum Gasteiger partial charge on any atom is 0.247 e. The topological polar surface area (TPSA) is 90.5 Å². The molecule has 0 aliphatic heterocycles. The maximum atomic E-state index is 13.0. The fraction of sp³-hybridized carbons (Fsp3) is 0.769. The van der Waals surface area contributed by atoms with Crippen molar-refractivity contribution in [2.45, 2.75) is 44.2 Å². The number of nitrogens with two attached hydrogens (primary N) is 1. The fourth-order valence-electron chi connectivity index (χ4n) is 2.55. The summed E-state index contributed by atoms with van der Waals surface area (Å²) in [5, 5.41) is 4.31. The zero-order chi connectivity index (χ0) is 15.6. The first-order chi connectivity index (χ1) is 9.93. The van der Waals surface area contributed by atoms with Gasteiger partial charge in [0.1, 0.15) is 4.90 Å². The van der Waals surface area contributed by atoms with Crippen LogP contribution in [0.2, 0.25) is 0 Å². The number of hydrogen-bond donors (Lipinski definition) is 1. The molecule has 0 atom stereocenters. The summed E-state index contributed by atoms with van der Waals surface area (Å²) in [6.45, 7) is 5.23. The van der Waals surface area contributed by atoms with E-state index >= 15 is 0 Å². The Morgan fingerprint density at radius 1 is 1.43 bits per heavy atom. The first kappa shape index (κ1) is 16.4.